The summed E-state index contributed by atoms with van der Waals surface area (Å²) >= 11 is 0. The number of fused-ring (bicyclic) bond motifs is 1. The number of benzene rings is 1. The van der Waals surface area contributed by atoms with Crippen molar-refractivity contribution in [1.29, 1.82) is 0 Å². The lowest BCUT2D eigenvalue weighted by Gasteiger charge is -2.02. The van der Waals surface area contributed by atoms with Gasteiger partial charge in [0, 0.05) is 11.4 Å². The van der Waals surface area contributed by atoms with E-state index < -0.39 is 0 Å². The van der Waals surface area contributed by atoms with Crippen LogP contribution in [-0.4, -0.2) is 6.04 Å². The lowest BCUT2D eigenvalue weighted by atomic mass is 10.1. The summed E-state index contributed by atoms with van der Waals surface area (Å²) in [7, 11) is 0. The molecule has 2 N–H and O–H groups in total. The number of rotatable bonds is 2. The molecule has 2 nitrogen and oxygen atoms in total. The molecule has 0 radical (unpaired) electrons. The molecule has 1 unspecified atom stereocenters. The number of nitrogens with two attached hydrogens (primary N) is 1. The molecule has 1 atom stereocenters. The van der Waals surface area contributed by atoms with Gasteiger partial charge in [-0.1, -0.05) is 23.8 Å². The smallest absolute Gasteiger partial charge is 0.134 e. The minimum atomic E-state index is 0.0678. The van der Waals surface area contributed by atoms with E-state index in [-0.39, 0.29) is 6.04 Å². The van der Waals surface area contributed by atoms with Crippen molar-refractivity contribution in [3.05, 3.63) is 41.7 Å². The first-order valence-corrected chi connectivity index (χ1v) is 5.09. The maximum absolute atomic E-state index is 5.77. The average Bonchev–Trinajstić information content (AvgIpc) is 2.59. The molecule has 1 heterocycles. The first-order chi connectivity index (χ1) is 7.16. The second-order valence-electron chi connectivity index (χ2n) is 3.86. The van der Waals surface area contributed by atoms with E-state index in [0.29, 0.717) is 0 Å². The van der Waals surface area contributed by atoms with Crippen LogP contribution >= 0.6 is 0 Å². The Labute approximate surface area is 89.4 Å². The highest BCUT2D eigenvalue weighted by molar-refractivity contribution is 5.79. The summed E-state index contributed by atoms with van der Waals surface area (Å²) in [5.74, 6) is 0.867. The normalized spacial score (nSPS) is 14.5. The number of para-hydroxylation sites is 1. The van der Waals surface area contributed by atoms with Gasteiger partial charge in [-0.25, -0.2) is 0 Å². The Kier molecular flexibility index (Phi) is 2.60. The summed E-state index contributed by atoms with van der Waals surface area (Å²) < 4.78 is 5.66. The molecule has 15 heavy (non-hydrogen) atoms. The van der Waals surface area contributed by atoms with Gasteiger partial charge < -0.3 is 10.2 Å². The quantitative estimate of drug-likeness (QED) is 0.810. The molecular formula is C13H15NO. The van der Waals surface area contributed by atoms with Gasteiger partial charge in [-0.05, 0) is 32.1 Å². The summed E-state index contributed by atoms with van der Waals surface area (Å²) in [6, 6.07) is 10.1. The second-order valence-corrected chi connectivity index (χ2v) is 3.86. The minimum Gasteiger partial charge on any atom is -0.457 e. The molecular weight excluding hydrogens is 186 g/mol. The van der Waals surface area contributed by atoms with E-state index in [2.05, 4.69) is 0 Å². The Morgan fingerprint density at radius 1 is 1.40 bits per heavy atom. The SMILES string of the molecule is C/C(=C\c1cc2ccccc2o1)C(C)N. The molecule has 0 saturated heterocycles. The summed E-state index contributed by atoms with van der Waals surface area (Å²) in [5, 5.41) is 1.13. The highest BCUT2D eigenvalue weighted by atomic mass is 16.3. The topological polar surface area (TPSA) is 39.2 Å². The van der Waals surface area contributed by atoms with E-state index in [9.17, 15) is 0 Å². The van der Waals surface area contributed by atoms with Gasteiger partial charge in [0.2, 0.25) is 0 Å². The third kappa shape index (κ3) is 2.10. The Balaban J connectivity index is 2.41. The highest BCUT2D eigenvalue weighted by Gasteiger charge is 2.02. The summed E-state index contributed by atoms with van der Waals surface area (Å²) in [5.41, 5.74) is 7.81. The summed E-state index contributed by atoms with van der Waals surface area (Å²) in [6.45, 7) is 3.98. The zero-order valence-corrected chi connectivity index (χ0v) is 9.03. The van der Waals surface area contributed by atoms with Gasteiger partial charge in [0.15, 0.2) is 0 Å². The van der Waals surface area contributed by atoms with E-state index in [0.717, 1.165) is 22.3 Å². The van der Waals surface area contributed by atoms with Crippen molar-refractivity contribution in [3.63, 3.8) is 0 Å². The largest absolute Gasteiger partial charge is 0.457 e. The van der Waals surface area contributed by atoms with Crippen molar-refractivity contribution in [1.82, 2.24) is 0 Å². The summed E-state index contributed by atoms with van der Waals surface area (Å²) in [4.78, 5) is 0. The maximum Gasteiger partial charge on any atom is 0.134 e. The van der Waals surface area contributed by atoms with E-state index in [4.69, 9.17) is 10.2 Å². The van der Waals surface area contributed by atoms with Gasteiger partial charge in [-0.3, -0.25) is 0 Å². The second kappa shape index (κ2) is 3.91. The van der Waals surface area contributed by atoms with Gasteiger partial charge >= 0.3 is 0 Å². The van der Waals surface area contributed by atoms with Crippen molar-refractivity contribution in [2.24, 2.45) is 5.73 Å². The maximum atomic E-state index is 5.77. The first-order valence-electron chi connectivity index (χ1n) is 5.09. The molecule has 0 fully saturated rings. The molecule has 1 aromatic carbocycles. The van der Waals surface area contributed by atoms with Crippen LogP contribution in [0.5, 0.6) is 0 Å². The molecule has 2 aromatic rings. The Bertz CT molecular complexity index is 461. The van der Waals surface area contributed by atoms with Crippen LogP contribution in [0, 0.1) is 0 Å². The van der Waals surface area contributed by atoms with Crippen molar-refractivity contribution in [2.45, 2.75) is 19.9 Å². The molecule has 0 aliphatic carbocycles. The molecule has 1 aromatic heterocycles. The van der Waals surface area contributed by atoms with Gasteiger partial charge in [-0.15, -0.1) is 0 Å². The molecule has 0 amide bonds. The van der Waals surface area contributed by atoms with Gasteiger partial charge in [-0.2, -0.15) is 0 Å². The predicted molar refractivity (Wildman–Crippen MR) is 63.5 cm³/mol. The molecule has 0 aliphatic heterocycles. The van der Waals surface area contributed by atoms with Crippen LogP contribution in [0.4, 0.5) is 0 Å². The van der Waals surface area contributed by atoms with Crippen molar-refractivity contribution in [2.75, 3.05) is 0 Å². The van der Waals surface area contributed by atoms with Crippen molar-refractivity contribution < 1.29 is 4.42 Å². The number of hydrogen-bond donors (Lipinski definition) is 1. The zero-order valence-electron chi connectivity index (χ0n) is 9.03. The van der Waals surface area contributed by atoms with Crippen molar-refractivity contribution >= 4 is 17.0 Å². The molecule has 2 heteroatoms. The Morgan fingerprint density at radius 2 is 2.13 bits per heavy atom. The van der Waals surface area contributed by atoms with Crippen LogP contribution in [0.1, 0.15) is 19.6 Å². The number of furan rings is 1. The minimum absolute atomic E-state index is 0.0678. The molecule has 2 rings (SSSR count). The van der Waals surface area contributed by atoms with Gasteiger partial charge in [0.1, 0.15) is 11.3 Å². The van der Waals surface area contributed by atoms with Crippen LogP contribution in [0.15, 0.2) is 40.3 Å². The van der Waals surface area contributed by atoms with Crippen molar-refractivity contribution in [3.8, 4) is 0 Å². The van der Waals surface area contributed by atoms with Gasteiger partial charge in [0.25, 0.3) is 0 Å². The monoisotopic (exact) mass is 201 g/mol. The molecule has 0 bridgehead atoms. The van der Waals surface area contributed by atoms with Gasteiger partial charge in [0.05, 0.1) is 0 Å². The average molecular weight is 201 g/mol. The fraction of sp³-hybridized carbons (Fsp3) is 0.231. The van der Waals surface area contributed by atoms with Crippen LogP contribution in [-0.2, 0) is 0 Å². The molecule has 78 valence electrons. The lowest BCUT2D eigenvalue weighted by molar-refractivity contribution is 0.603. The highest BCUT2D eigenvalue weighted by Crippen LogP contribution is 2.20. The molecule has 0 saturated carbocycles. The standard InChI is InChI=1S/C13H15NO/c1-9(10(2)14)7-12-8-11-5-3-4-6-13(11)15-12/h3-8,10H,14H2,1-2H3/b9-7+. The first kappa shape index (κ1) is 9.99. The Morgan fingerprint density at radius 3 is 2.80 bits per heavy atom. The third-order valence-electron chi connectivity index (χ3n) is 2.53. The fourth-order valence-corrected chi connectivity index (χ4v) is 1.43. The Hall–Kier alpha value is -1.54. The van der Waals surface area contributed by atoms with Crippen LogP contribution in [0.25, 0.3) is 17.0 Å². The predicted octanol–water partition coefficient (Wildman–Crippen LogP) is 3.18. The van der Waals surface area contributed by atoms with Crippen LogP contribution in [0.3, 0.4) is 0 Å². The molecule has 0 aliphatic rings. The van der Waals surface area contributed by atoms with Crippen LogP contribution < -0.4 is 5.73 Å². The van der Waals surface area contributed by atoms with E-state index in [1.54, 1.807) is 0 Å². The number of hydrogen-bond acceptors (Lipinski definition) is 2. The lowest BCUT2D eigenvalue weighted by Crippen LogP contribution is -2.15. The summed E-state index contributed by atoms with van der Waals surface area (Å²) in [6.07, 6.45) is 1.99. The van der Waals surface area contributed by atoms with E-state index in [1.807, 2.05) is 50.3 Å². The zero-order chi connectivity index (χ0) is 10.8. The van der Waals surface area contributed by atoms with E-state index >= 15 is 0 Å². The van der Waals surface area contributed by atoms with E-state index in [1.165, 1.54) is 0 Å². The van der Waals surface area contributed by atoms with Crippen LogP contribution in [0.2, 0.25) is 0 Å². The third-order valence-corrected chi connectivity index (χ3v) is 2.53. The molecule has 0 spiro atoms. The fourth-order valence-electron chi connectivity index (χ4n) is 1.43.